The first-order chi connectivity index (χ1) is 7.63. The van der Waals surface area contributed by atoms with Crippen LogP contribution < -0.4 is 5.32 Å². The van der Waals surface area contributed by atoms with E-state index in [0.717, 1.165) is 0 Å². The number of rotatable bonds is 6. The number of hydrogen-bond donors (Lipinski definition) is 1. The van der Waals surface area contributed by atoms with Crippen molar-refractivity contribution in [2.75, 3.05) is 20.2 Å². The Morgan fingerprint density at radius 2 is 2.38 bits per heavy atom. The molecule has 0 amide bonds. The van der Waals surface area contributed by atoms with Gasteiger partial charge in [-0.25, -0.2) is 0 Å². The number of ether oxygens (including phenoxy) is 1. The molecule has 6 heteroatoms. The third kappa shape index (κ3) is 3.98. The van der Waals surface area contributed by atoms with Gasteiger partial charge in [-0.2, -0.15) is 4.98 Å². The topological polar surface area (TPSA) is 77.2 Å². The fraction of sp³-hybridized carbons (Fsp3) is 0.700. The number of hydrogen-bond acceptors (Lipinski definition) is 6. The molecule has 0 aliphatic carbocycles. The molecule has 0 bridgehead atoms. The van der Waals surface area contributed by atoms with Gasteiger partial charge in [0.25, 0.3) is 0 Å². The second kappa shape index (κ2) is 6.22. The number of nitrogens with one attached hydrogen (secondary N) is 1. The van der Waals surface area contributed by atoms with Crippen LogP contribution in [0.25, 0.3) is 0 Å². The van der Waals surface area contributed by atoms with Gasteiger partial charge < -0.3 is 14.6 Å². The fourth-order valence-electron chi connectivity index (χ4n) is 1.24. The molecule has 6 nitrogen and oxygen atoms in total. The van der Waals surface area contributed by atoms with Crippen LogP contribution in [0.15, 0.2) is 4.52 Å². The molecular formula is C10H17N3O3. The molecule has 0 radical (unpaired) electrons. The highest BCUT2D eigenvalue weighted by atomic mass is 16.5. The first-order valence-corrected chi connectivity index (χ1v) is 5.21. The first kappa shape index (κ1) is 12.6. The van der Waals surface area contributed by atoms with Crippen molar-refractivity contribution in [3.05, 3.63) is 11.7 Å². The Kier molecular flexibility index (Phi) is 4.91. The highest BCUT2D eigenvalue weighted by Crippen LogP contribution is 1.97. The van der Waals surface area contributed by atoms with Crippen molar-refractivity contribution in [1.82, 2.24) is 15.5 Å². The van der Waals surface area contributed by atoms with E-state index >= 15 is 0 Å². The summed E-state index contributed by atoms with van der Waals surface area (Å²) in [5.41, 5.74) is 0. The van der Waals surface area contributed by atoms with E-state index in [0.29, 0.717) is 31.2 Å². The minimum Gasteiger partial charge on any atom is -0.469 e. The Hall–Kier alpha value is -1.43. The molecule has 0 aromatic carbocycles. The van der Waals surface area contributed by atoms with Crippen molar-refractivity contribution in [2.24, 2.45) is 5.92 Å². The predicted octanol–water partition coefficient (Wildman–Crippen LogP) is 0.319. The maximum Gasteiger partial charge on any atom is 0.309 e. The van der Waals surface area contributed by atoms with Gasteiger partial charge in [-0.1, -0.05) is 12.1 Å². The van der Waals surface area contributed by atoms with Gasteiger partial charge in [-0.15, -0.1) is 0 Å². The van der Waals surface area contributed by atoms with Crippen LogP contribution in [0, 0.1) is 12.8 Å². The largest absolute Gasteiger partial charge is 0.469 e. The lowest BCUT2D eigenvalue weighted by molar-refractivity contribution is -0.144. The van der Waals surface area contributed by atoms with E-state index in [9.17, 15) is 4.79 Å². The summed E-state index contributed by atoms with van der Waals surface area (Å²) in [6, 6.07) is 0. The molecule has 1 aromatic heterocycles. The molecule has 0 saturated heterocycles. The van der Waals surface area contributed by atoms with Gasteiger partial charge in [-0.3, -0.25) is 4.79 Å². The van der Waals surface area contributed by atoms with Crippen LogP contribution in [-0.2, 0) is 16.0 Å². The number of aryl methyl sites for hydroxylation is 1. The molecule has 1 rings (SSSR count). The van der Waals surface area contributed by atoms with Gasteiger partial charge in [0, 0.05) is 19.5 Å². The van der Waals surface area contributed by atoms with Crippen LogP contribution in [0.3, 0.4) is 0 Å². The summed E-state index contributed by atoms with van der Waals surface area (Å²) < 4.78 is 9.56. The van der Waals surface area contributed by atoms with E-state index < -0.39 is 0 Å². The smallest absolute Gasteiger partial charge is 0.309 e. The number of carbonyl (C=O) groups excluding carboxylic acids is 1. The van der Waals surface area contributed by atoms with E-state index in [-0.39, 0.29) is 11.9 Å². The molecule has 1 aromatic rings. The standard InChI is InChI=1S/C10H17N3O3/c1-7(10(14)15-3)6-11-5-4-9-12-8(2)13-16-9/h7,11H,4-6H2,1-3H3. The van der Waals surface area contributed by atoms with E-state index in [2.05, 4.69) is 20.2 Å². The lowest BCUT2D eigenvalue weighted by Gasteiger charge is -2.09. The highest BCUT2D eigenvalue weighted by Gasteiger charge is 2.12. The third-order valence-electron chi connectivity index (χ3n) is 2.14. The fourth-order valence-corrected chi connectivity index (χ4v) is 1.24. The summed E-state index contributed by atoms with van der Waals surface area (Å²) in [7, 11) is 1.39. The molecule has 1 atom stereocenters. The summed E-state index contributed by atoms with van der Waals surface area (Å²) in [4.78, 5) is 15.1. The Bertz CT molecular complexity index is 338. The summed E-state index contributed by atoms with van der Waals surface area (Å²) >= 11 is 0. The third-order valence-corrected chi connectivity index (χ3v) is 2.14. The summed E-state index contributed by atoms with van der Waals surface area (Å²) in [6.45, 7) is 4.87. The van der Waals surface area contributed by atoms with Gasteiger partial charge in [0.2, 0.25) is 5.89 Å². The molecule has 1 N–H and O–H groups in total. The van der Waals surface area contributed by atoms with Gasteiger partial charge in [0.1, 0.15) is 0 Å². The van der Waals surface area contributed by atoms with E-state index in [4.69, 9.17) is 4.52 Å². The summed E-state index contributed by atoms with van der Waals surface area (Å²) in [5.74, 6) is 0.893. The molecular weight excluding hydrogens is 210 g/mol. The highest BCUT2D eigenvalue weighted by molar-refractivity contribution is 5.71. The van der Waals surface area contributed by atoms with Crippen LogP contribution in [0.1, 0.15) is 18.6 Å². The molecule has 1 unspecified atom stereocenters. The van der Waals surface area contributed by atoms with Crippen LogP contribution in [-0.4, -0.2) is 36.3 Å². The van der Waals surface area contributed by atoms with Crippen LogP contribution >= 0.6 is 0 Å². The maximum absolute atomic E-state index is 11.1. The zero-order valence-electron chi connectivity index (χ0n) is 9.82. The van der Waals surface area contributed by atoms with Crippen molar-refractivity contribution in [3.8, 4) is 0 Å². The average molecular weight is 227 g/mol. The first-order valence-electron chi connectivity index (χ1n) is 5.21. The molecule has 0 aliphatic rings. The molecule has 0 aliphatic heterocycles. The lowest BCUT2D eigenvalue weighted by atomic mass is 10.2. The van der Waals surface area contributed by atoms with Crippen molar-refractivity contribution in [3.63, 3.8) is 0 Å². The number of methoxy groups -OCH3 is 1. The van der Waals surface area contributed by atoms with Gasteiger partial charge in [0.05, 0.1) is 13.0 Å². The monoisotopic (exact) mass is 227 g/mol. The Balaban J connectivity index is 2.14. The Labute approximate surface area is 94.4 Å². The SMILES string of the molecule is COC(=O)C(C)CNCCc1nc(C)no1. The van der Waals surface area contributed by atoms with Crippen molar-refractivity contribution >= 4 is 5.97 Å². The molecule has 0 fully saturated rings. The zero-order chi connectivity index (χ0) is 12.0. The van der Waals surface area contributed by atoms with E-state index in [1.807, 2.05) is 6.92 Å². The van der Waals surface area contributed by atoms with Crippen molar-refractivity contribution in [2.45, 2.75) is 20.3 Å². The van der Waals surface area contributed by atoms with Gasteiger partial charge >= 0.3 is 5.97 Å². The van der Waals surface area contributed by atoms with Crippen LogP contribution in [0.4, 0.5) is 0 Å². The maximum atomic E-state index is 11.1. The summed E-state index contributed by atoms with van der Waals surface area (Å²) in [6.07, 6.45) is 0.661. The van der Waals surface area contributed by atoms with Crippen LogP contribution in [0.5, 0.6) is 0 Å². The molecule has 16 heavy (non-hydrogen) atoms. The minimum atomic E-state index is -0.207. The number of aromatic nitrogens is 2. The number of nitrogens with zero attached hydrogens (tertiary/aromatic N) is 2. The zero-order valence-corrected chi connectivity index (χ0v) is 9.82. The predicted molar refractivity (Wildman–Crippen MR) is 56.8 cm³/mol. The van der Waals surface area contributed by atoms with Crippen molar-refractivity contribution in [1.29, 1.82) is 0 Å². The van der Waals surface area contributed by atoms with Gasteiger partial charge in [-0.05, 0) is 6.92 Å². The Morgan fingerprint density at radius 3 is 2.94 bits per heavy atom. The second-order valence-corrected chi connectivity index (χ2v) is 3.61. The van der Waals surface area contributed by atoms with E-state index in [1.54, 1.807) is 6.92 Å². The molecule has 90 valence electrons. The summed E-state index contributed by atoms with van der Waals surface area (Å²) in [5, 5.41) is 6.81. The van der Waals surface area contributed by atoms with E-state index in [1.165, 1.54) is 7.11 Å². The molecule has 0 spiro atoms. The molecule has 0 saturated carbocycles. The quantitative estimate of drug-likeness (QED) is 0.557. The minimum absolute atomic E-state index is 0.144. The lowest BCUT2D eigenvalue weighted by Crippen LogP contribution is -2.28. The van der Waals surface area contributed by atoms with Gasteiger partial charge in [0.15, 0.2) is 5.82 Å². The van der Waals surface area contributed by atoms with Crippen LogP contribution in [0.2, 0.25) is 0 Å². The number of carbonyl (C=O) groups is 1. The normalized spacial score (nSPS) is 12.4. The molecule has 1 heterocycles. The number of esters is 1. The Morgan fingerprint density at radius 1 is 1.62 bits per heavy atom. The average Bonchev–Trinajstić information content (AvgIpc) is 2.69. The van der Waals surface area contributed by atoms with Crippen molar-refractivity contribution < 1.29 is 14.1 Å². The second-order valence-electron chi connectivity index (χ2n) is 3.61.